The molecule has 3 heteroatoms. The third-order valence-electron chi connectivity index (χ3n) is 3.62. The van der Waals surface area contributed by atoms with Gasteiger partial charge < -0.3 is 10.2 Å². The molecule has 0 bridgehead atoms. The molecule has 0 unspecified atom stereocenters. The summed E-state index contributed by atoms with van der Waals surface area (Å²) in [5.74, 6) is 0.981. The average Bonchev–Trinajstić information content (AvgIpc) is 2.25. The maximum atomic E-state index is 4.95. The molecule has 1 aliphatic heterocycles. The summed E-state index contributed by atoms with van der Waals surface area (Å²) in [4.78, 5) is 7.31. The molecule has 1 aliphatic rings. The number of hydrogen-bond acceptors (Lipinski definition) is 3. The summed E-state index contributed by atoms with van der Waals surface area (Å²) in [5, 5.41) is 3.57. The quantitative estimate of drug-likeness (QED) is 0.770. The minimum atomic E-state index is -0.00155. The van der Waals surface area contributed by atoms with Crippen molar-refractivity contribution in [2.75, 3.05) is 0 Å². The van der Waals surface area contributed by atoms with Gasteiger partial charge in [0.1, 0.15) is 0 Å². The van der Waals surface area contributed by atoms with Gasteiger partial charge in [0.2, 0.25) is 0 Å². The number of nitrogens with zero attached hydrogens (tertiary/aromatic N) is 2. The molecular formula is C18H29N3. The van der Waals surface area contributed by atoms with Crippen LogP contribution in [0, 0.1) is 13.8 Å². The number of nitrogens with one attached hydrogen (secondary N) is 1. The Hall–Kier alpha value is -1.51. The summed E-state index contributed by atoms with van der Waals surface area (Å²) in [6, 6.07) is 4.47. The lowest BCUT2D eigenvalue weighted by molar-refractivity contribution is 0.213. The Bertz CT molecular complexity index is 571. The van der Waals surface area contributed by atoms with Crippen molar-refractivity contribution >= 4 is 11.6 Å². The molecule has 0 aliphatic carbocycles. The second kappa shape index (κ2) is 5.04. The van der Waals surface area contributed by atoms with Crippen molar-refractivity contribution < 1.29 is 0 Å². The molecule has 1 aromatic rings. The highest BCUT2D eigenvalue weighted by atomic mass is 15.4. The number of benzene rings is 1. The molecule has 0 saturated carbocycles. The van der Waals surface area contributed by atoms with Gasteiger partial charge in [-0.05, 0) is 66.5 Å². The number of rotatable bonds is 0. The Morgan fingerprint density at radius 2 is 1.67 bits per heavy atom. The predicted molar refractivity (Wildman–Crippen MR) is 91.2 cm³/mol. The van der Waals surface area contributed by atoms with E-state index in [0.29, 0.717) is 0 Å². The molecule has 3 nitrogen and oxygen atoms in total. The van der Waals surface area contributed by atoms with Crippen molar-refractivity contribution in [3.05, 3.63) is 28.8 Å². The van der Waals surface area contributed by atoms with Crippen LogP contribution < -0.4 is 5.32 Å². The molecule has 0 spiro atoms. The molecule has 21 heavy (non-hydrogen) atoms. The molecule has 2 rings (SSSR count). The summed E-state index contributed by atoms with van der Waals surface area (Å²) in [6.45, 7) is 18.4. The molecule has 116 valence electrons. The lowest BCUT2D eigenvalue weighted by Crippen LogP contribution is -2.56. The summed E-state index contributed by atoms with van der Waals surface area (Å²) in [6.07, 6.45) is 0. The van der Waals surface area contributed by atoms with Crippen molar-refractivity contribution in [1.82, 2.24) is 10.2 Å². The third-order valence-corrected chi connectivity index (χ3v) is 3.62. The SMILES string of the molecule is Cc1cc(C)c2c(c1)CN(C(C)(C)C)C(NC(C)(C)C)=N2. The van der Waals surface area contributed by atoms with Crippen LogP contribution in [0.25, 0.3) is 0 Å². The zero-order valence-corrected chi connectivity index (χ0v) is 14.8. The van der Waals surface area contributed by atoms with Crippen LogP contribution in [-0.2, 0) is 6.54 Å². The smallest absolute Gasteiger partial charge is 0.200 e. The summed E-state index contributed by atoms with van der Waals surface area (Å²) in [7, 11) is 0. The van der Waals surface area contributed by atoms with Crippen LogP contribution in [-0.4, -0.2) is 21.9 Å². The van der Waals surface area contributed by atoms with Gasteiger partial charge in [-0.15, -0.1) is 0 Å². The maximum Gasteiger partial charge on any atom is 0.200 e. The van der Waals surface area contributed by atoms with Gasteiger partial charge in [0.25, 0.3) is 0 Å². The number of aliphatic imine (C=N–C) groups is 1. The van der Waals surface area contributed by atoms with E-state index in [1.54, 1.807) is 0 Å². The van der Waals surface area contributed by atoms with E-state index < -0.39 is 0 Å². The van der Waals surface area contributed by atoms with Crippen LogP contribution in [0.2, 0.25) is 0 Å². The topological polar surface area (TPSA) is 27.6 Å². The molecule has 0 saturated heterocycles. The molecule has 0 aromatic heterocycles. The first kappa shape index (κ1) is 15.9. The summed E-state index contributed by atoms with van der Waals surface area (Å²) in [5.41, 5.74) is 5.05. The van der Waals surface area contributed by atoms with Gasteiger partial charge in [0, 0.05) is 17.6 Å². The fourth-order valence-corrected chi connectivity index (χ4v) is 2.73. The average molecular weight is 287 g/mol. The third kappa shape index (κ3) is 3.58. The van der Waals surface area contributed by atoms with Gasteiger partial charge in [0.05, 0.1) is 5.69 Å². The molecule has 0 atom stereocenters. The summed E-state index contributed by atoms with van der Waals surface area (Å²) < 4.78 is 0. The van der Waals surface area contributed by atoms with Gasteiger partial charge in [0.15, 0.2) is 5.96 Å². The summed E-state index contributed by atoms with van der Waals surface area (Å²) >= 11 is 0. The Balaban J connectivity index is 2.53. The lowest BCUT2D eigenvalue weighted by Gasteiger charge is -2.43. The van der Waals surface area contributed by atoms with Crippen LogP contribution >= 0.6 is 0 Å². The second-order valence-corrected chi connectivity index (χ2v) is 8.16. The molecule has 0 fully saturated rings. The molecule has 1 N–H and O–H groups in total. The molecule has 1 heterocycles. The Morgan fingerprint density at radius 3 is 2.19 bits per heavy atom. The maximum absolute atomic E-state index is 4.95. The van der Waals surface area contributed by atoms with E-state index in [1.165, 1.54) is 16.7 Å². The van der Waals surface area contributed by atoms with E-state index in [-0.39, 0.29) is 11.1 Å². The van der Waals surface area contributed by atoms with Gasteiger partial charge >= 0.3 is 0 Å². The van der Waals surface area contributed by atoms with Gasteiger partial charge in [-0.3, -0.25) is 0 Å². The normalized spacial score (nSPS) is 15.6. The number of fused-ring (bicyclic) bond motifs is 1. The van der Waals surface area contributed by atoms with E-state index in [2.05, 4.69) is 77.7 Å². The molecule has 0 radical (unpaired) electrons. The zero-order chi connectivity index (χ0) is 16.0. The second-order valence-electron chi connectivity index (χ2n) is 8.16. The predicted octanol–water partition coefficient (Wildman–Crippen LogP) is 4.29. The highest BCUT2D eigenvalue weighted by Crippen LogP contribution is 2.33. The number of aryl methyl sites for hydroxylation is 2. The van der Waals surface area contributed by atoms with Crippen LogP contribution in [0.3, 0.4) is 0 Å². The van der Waals surface area contributed by atoms with E-state index >= 15 is 0 Å². The minimum Gasteiger partial charge on any atom is -0.351 e. The molecular weight excluding hydrogens is 258 g/mol. The highest BCUT2D eigenvalue weighted by Gasteiger charge is 2.31. The van der Waals surface area contributed by atoms with Crippen molar-refractivity contribution in [2.45, 2.75) is 73.0 Å². The van der Waals surface area contributed by atoms with Gasteiger partial charge in [-0.1, -0.05) is 17.7 Å². The van der Waals surface area contributed by atoms with Crippen LogP contribution in [0.15, 0.2) is 17.1 Å². The van der Waals surface area contributed by atoms with Crippen molar-refractivity contribution in [2.24, 2.45) is 4.99 Å². The van der Waals surface area contributed by atoms with Crippen LogP contribution in [0.5, 0.6) is 0 Å². The van der Waals surface area contributed by atoms with Gasteiger partial charge in [-0.25, -0.2) is 4.99 Å². The highest BCUT2D eigenvalue weighted by molar-refractivity contribution is 5.87. The van der Waals surface area contributed by atoms with E-state index in [1.807, 2.05) is 0 Å². The standard InChI is InChI=1S/C18H29N3/c1-12-9-13(2)15-14(10-12)11-21(18(6,7)8)16(19-15)20-17(3,4)5/h9-10H,11H2,1-8H3,(H,19,20). The van der Waals surface area contributed by atoms with Crippen LogP contribution in [0.4, 0.5) is 5.69 Å². The first-order valence-corrected chi connectivity index (χ1v) is 7.72. The molecule has 0 amide bonds. The zero-order valence-electron chi connectivity index (χ0n) is 14.8. The Labute approximate surface area is 129 Å². The first-order chi connectivity index (χ1) is 9.47. The van der Waals surface area contributed by atoms with Gasteiger partial charge in [-0.2, -0.15) is 0 Å². The number of guanidine groups is 1. The largest absolute Gasteiger partial charge is 0.351 e. The van der Waals surface area contributed by atoms with E-state index in [9.17, 15) is 0 Å². The van der Waals surface area contributed by atoms with Crippen LogP contribution in [0.1, 0.15) is 58.2 Å². The minimum absolute atomic E-state index is 0.00155. The lowest BCUT2D eigenvalue weighted by atomic mass is 9.98. The number of hydrogen-bond donors (Lipinski definition) is 1. The Morgan fingerprint density at radius 1 is 1.05 bits per heavy atom. The first-order valence-electron chi connectivity index (χ1n) is 7.72. The van der Waals surface area contributed by atoms with Crippen molar-refractivity contribution in [3.8, 4) is 0 Å². The van der Waals surface area contributed by atoms with E-state index in [4.69, 9.17) is 4.99 Å². The van der Waals surface area contributed by atoms with E-state index in [0.717, 1.165) is 18.2 Å². The van der Waals surface area contributed by atoms with Crippen molar-refractivity contribution in [3.63, 3.8) is 0 Å². The monoisotopic (exact) mass is 287 g/mol. The van der Waals surface area contributed by atoms with Crippen molar-refractivity contribution in [1.29, 1.82) is 0 Å². The Kier molecular flexibility index (Phi) is 3.81. The fourth-order valence-electron chi connectivity index (χ4n) is 2.73. The fraction of sp³-hybridized carbons (Fsp3) is 0.611. The molecule has 1 aromatic carbocycles.